The highest BCUT2D eigenvalue weighted by molar-refractivity contribution is 7.26. The second-order valence-electron chi connectivity index (χ2n) is 12.4. The molecule has 1 unspecified atom stereocenters. The van der Waals surface area contributed by atoms with Gasteiger partial charge in [0.25, 0.3) is 0 Å². The van der Waals surface area contributed by atoms with Crippen LogP contribution in [0.5, 0.6) is 0 Å². The SMILES string of the molecule is c1ccc(-c2ccc(C3=NC(c4ccc(-n5c6ccccc6c6c7sc8ccccc8c7ccc65)cc4)Nc4ccccc43)cc2)cc1. The smallest absolute Gasteiger partial charge is 0.145 e. The van der Waals surface area contributed by atoms with Gasteiger partial charge in [-0.3, -0.25) is 4.99 Å². The van der Waals surface area contributed by atoms with E-state index in [2.05, 4.69) is 174 Å². The lowest BCUT2D eigenvalue weighted by molar-refractivity contribution is 0.827. The number of nitrogens with one attached hydrogen (secondary N) is 1. The highest BCUT2D eigenvalue weighted by Gasteiger charge is 2.23. The zero-order valence-electron chi connectivity index (χ0n) is 26.0. The first-order valence-electron chi connectivity index (χ1n) is 16.3. The molecule has 1 N–H and O–H groups in total. The van der Waals surface area contributed by atoms with E-state index in [1.165, 1.54) is 53.1 Å². The number of fused-ring (bicyclic) bond motifs is 8. The Bertz CT molecular complexity index is 2680. The molecule has 0 bridgehead atoms. The van der Waals surface area contributed by atoms with Crippen molar-refractivity contribution in [2.24, 2.45) is 4.99 Å². The van der Waals surface area contributed by atoms with Crippen LogP contribution in [0, 0.1) is 0 Å². The summed E-state index contributed by atoms with van der Waals surface area (Å²) in [6.45, 7) is 0. The first kappa shape index (κ1) is 27.2. The zero-order chi connectivity index (χ0) is 31.6. The van der Waals surface area contributed by atoms with Crippen LogP contribution in [0.15, 0.2) is 169 Å². The van der Waals surface area contributed by atoms with Gasteiger partial charge < -0.3 is 9.88 Å². The van der Waals surface area contributed by atoms with Gasteiger partial charge in [-0.15, -0.1) is 11.3 Å². The molecule has 1 aliphatic rings. The van der Waals surface area contributed by atoms with Crippen molar-refractivity contribution in [2.45, 2.75) is 6.17 Å². The number of aliphatic imine (C=N–C) groups is 1. The van der Waals surface area contributed by atoms with Gasteiger partial charge in [0, 0.05) is 53.4 Å². The van der Waals surface area contributed by atoms with E-state index in [1.54, 1.807) is 0 Å². The van der Waals surface area contributed by atoms with Crippen LogP contribution in [0.4, 0.5) is 5.69 Å². The molecule has 0 saturated carbocycles. The Morgan fingerprint density at radius 3 is 2.06 bits per heavy atom. The lowest BCUT2D eigenvalue weighted by atomic mass is 9.95. The highest BCUT2D eigenvalue weighted by Crippen LogP contribution is 2.43. The summed E-state index contributed by atoms with van der Waals surface area (Å²) in [5, 5.41) is 8.97. The van der Waals surface area contributed by atoms with E-state index >= 15 is 0 Å². The fourth-order valence-corrected chi connectivity index (χ4v) is 8.61. The van der Waals surface area contributed by atoms with Crippen molar-refractivity contribution >= 4 is 64.7 Å². The zero-order valence-corrected chi connectivity index (χ0v) is 26.8. The van der Waals surface area contributed by atoms with E-state index in [0.717, 1.165) is 33.8 Å². The van der Waals surface area contributed by atoms with Crippen LogP contribution in [-0.4, -0.2) is 10.3 Å². The fourth-order valence-electron chi connectivity index (χ4n) is 7.35. The number of hydrogen-bond donors (Lipinski definition) is 1. The number of hydrogen-bond acceptors (Lipinski definition) is 3. The van der Waals surface area contributed by atoms with Crippen LogP contribution in [0.3, 0.4) is 0 Å². The van der Waals surface area contributed by atoms with Gasteiger partial charge in [-0.2, -0.15) is 0 Å². The summed E-state index contributed by atoms with van der Waals surface area (Å²) in [5.41, 5.74) is 11.5. The van der Waals surface area contributed by atoms with Gasteiger partial charge in [-0.25, -0.2) is 0 Å². The van der Waals surface area contributed by atoms with Gasteiger partial charge in [0.05, 0.1) is 16.7 Å². The van der Waals surface area contributed by atoms with Crippen molar-refractivity contribution in [3.63, 3.8) is 0 Å². The summed E-state index contributed by atoms with van der Waals surface area (Å²) >= 11 is 1.89. The molecule has 0 aliphatic carbocycles. The van der Waals surface area contributed by atoms with E-state index in [4.69, 9.17) is 4.99 Å². The molecule has 0 radical (unpaired) electrons. The van der Waals surface area contributed by atoms with Crippen molar-refractivity contribution in [3.05, 3.63) is 180 Å². The average Bonchev–Trinajstić information content (AvgIpc) is 3.71. The molecule has 0 amide bonds. The van der Waals surface area contributed by atoms with Crippen LogP contribution in [-0.2, 0) is 0 Å². The average molecular weight is 632 g/mol. The van der Waals surface area contributed by atoms with Crippen molar-refractivity contribution < 1.29 is 0 Å². The van der Waals surface area contributed by atoms with Crippen LogP contribution in [0.2, 0.25) is 0 Å². The van der Waals surface area contributed by atoms with E-state index in [-0.39, 0.29) is 6.17 Å². The molecule has 7 aromatic carbocycles. The first-order valence-corrected chi connectivity index (χ1v) is 17.2. The lowest BCUT2D eigenvalue weighted by Crippen LogP contribution is -2.20. The van der Waals surface area contributed by atoms with E-state index in [9.17, 15) is 0 Å². The molecule has 2 aromatic heterocycles. The van der Waals surface area contributed by atoms with E-state index < -0.39 is 0 Å². The fraction of sp³-hybridized carbons (Fsp3) is 0.0227. The number of benzene rings is 7. The molecule has 1 atom stereocenters. The van der Waals surface area contributed by atoms with Gasteiger partial charge in [0.15, 0.2) is 0 Å². The minimum Gasteiger partial charge on any atom is -0.360 e. The van der Waals surface area contributed by atoms with E-state index in [0.29, 0.717) is 0 Å². The minimum absolute atomic E-state index is 0.200. The minimum atomic E-state index is -0.200. The molecule has 226 valence electrons. The largest absolute Gasteiger partial charge is 0.360 e. The number of anilines is 1. The molecular formula is C44H29N3S. The Hall–Kier alpha value is -5.97. The number of thiophene rings is 1. The van der Waals surface area contributed by atoms with Crippen LogP contribution < -0.4 is 5.32 Å². The Morgan fingerprint density at radius 1 is 0.521 bits per heavy atom. The summed E-state index contributed by atoms with van der Waals surface area (Å²) in [7, 11) is 0. The Balaban J connectivity index is 1.06. The molecule has 3 nitrogen and oxygen atoms in total. The van der Waals surface area contributed by atoms with Crippen molar-refractivity contribution in [3.8, 4) is 16.8 Å². The maximum Gasteiger partial charge on any atom is 0.145 e. The topological polar surface area (TPSA) is 29.3 Å². The van der Waals surface area contributed by atoms with Gasteiger partial charge in [-0.05, 0) is 53.1 Å². The molecule has 0 fully saturated rings. The Morgan fingerprint density at radius 2 is 1.21 bits per heavy atom. The standard InChI is InChI=1S/C44H29N3S/c1-2-10-28(11-3-1)29-18-20-30(21-19-29)42-35-13-4-7-15-37(35)45-44(46-42)31-22-24-32(25-23-31)47-38-16-8-5-14-36(38)41-39(47)27-26-34-33-12-6-9-17-40(33)48-43(34)41/h1-27,44-45H. The van der Waals surface area contributed by atoms with Crippen LogP contribution >= 0.6 is 11.3 Å². The summed E-state index contributed by atoms with van der Waals surface area (Å²) < 4.78 is 5.09. The second kappa shape index (κ2) is 10.8. The molecule has 0 saturated heterocycles. The summed E-state index contributed by atoms with van der Waals surface area (Å²) in [4.78, 5) is 5.31. The maximum atomic E-state index is 5.31. The quantitative estimate of drug-likeness (QED) is 0.206. The van der Waals surface area contributed by atoms with Crippen LogP contribution in [0.1, 0.15) is 22.9 Å². The third kappa shape index (κ3) is 4.23. The van der Waals surface area contributed by atoms with E-state index in [1.807, 2.05) is 11.3 Å². The van der Waals surface area contributed by atoms with Crippen molar-refractivity contribution in [1.29, 1.82) is 0 Å². The molecule has 10 rings (SSSR count). The lowest BCUT2D eigenvalue weighted by Gasteiger charge is -2.26. The first-order chi connectivity index (χ1) is 23.8. The monoisotopic (exact) mass is 631 g/mol. The molecule has 1 aliphatic heterocycles. The summed E-state index contributed by atoms with van der Waals surface area (Å²) in [6, 6.07) is 58.8. The molecular weight excluding hydrogens is 603 g/mol. The van der Waals surface area contributed by atoms with Crippen molar-refractivity contribution in [2.75, 3.05) is 5.32 Å². The second-order valence-corrected chi connectivity index (χ2v) is 13.4. The van der Waals surface area contributed by atoms with Gasteiger partial charge >= 0.3 is 0 Å². The third-order valence-corrected chi connectivity index (χ3v) is 10.8. The third-order valence-electron chi connectivity index (χ3n) is 9.65. The number of nitrogens with zero attached hydrogens (tertiary/aromatic N) is 2. The van der Waals surface area contributed by atoms with Crippen molar-refractivity contribution in [1.82, 2.24) is 4.57 Å². The summed E-state index contributed by atoms with van der Waals surface area (Å²) in [5.74, 6) is 0. The molecule has 0 spiro atoms. The molecule has 9 aromatic rings. The maximum absolute atomic E-state index is 5.31. The summed E-state index contributed by atoms with van der Waals surface area (Å²) in [6.07, 6.45) is -0.200. The highest BCUT2D eigenvalue weighted by atomic mass is 32.1. The number of rotatable bonds is 4. The van der Waals surface area contributed by atoms with Gasteiger partial charge in [0.2, 0.25) is 0 Å². The molecule has 3 heterocycles. The Kier molecular flexibility index (Phi) is 6.11. The van der Waals surface area contributed by atoms with Gasteiger partial charge in [0.1, 0.15) is 6.17 Å². The predicted molar refractivity (Wildman–Crippen MR) is 204 cm³/mol. The number of para-hydroxylation sites is 2. The Labute approximate surface area is 282 Å². The van der Waals surface area contributed by atoms with Crippen LogP contribution in [0.25, 0.3) is 58.8 Å². The molecule has 48 heavy (non-hydrogen) atoms. The predicted octanol–water partition coefficient (Wildman–Crippen LogP) is 11.8. The van der Waals surface area contributed by atoms with Gasteiger partial charge in [-0.1, -0.05) is 127 Å². The molecule has 4 heteroatoms. The normalized spacial score (nSPS) is 14.3. The number of aromatic nitrogens is 1.